The highest BCUT2D eigenvalue weighted by atomic mass is 16.5. The van der Waals surface area contributed by atoms with Crippen LogP contribution in [-0.4, -0.2) is 24.1 Å². The zero-order valence-electron chi connectivity index (χ0n) is 9.64. The van der Waals surface area contributed by atoms with Crippen LogP contribution in [0.2, 0.25) is 0 Å². The topological polar surface area (TPSA) is 60.4 Å². The summed E-state index contributed by atoms with van der Waals surface area (Å²) in [5, 5.41) is 0. The van der Waals surface area contributed by atoms with E-state index in [1.54, 1.807) is 24.3 Å². The van der Waals surface area contributed by atoms with E-state index in [0.29, 0.717) is 5.56 Å². The lowest BCUT2D eigenvalue weighted by Gasteiger charge is -2.03. The van der Waals surface area contributed by atoms with Crippen molar-refractivity contribution in [3.63, 3.8) is 0 Å². The van der Waals surface area contributed by atoms with Gasteiger partial charge in [-0.1, -0.05) is 30.3 Å². The van der Waals surface area contributed by atoms with Crippen molar-refractivity contribution in [1.82, 2.24) is 0 Å². The van der Waals surface area contributed by atoms with Crippen molar-refractivity contribution in [2.75, 3.05) is 6.61 Å². The molecule has 4 heteroatoms. The van der Waals surface area contributed by atoms with Crippen molar-refractivity contribution in [2.45, 2.75) is 19.8 Å². The zero-order valence-corrected chi connectivity index (χ0v) is 9.64. The molecule has 0 atom stereocenters. The summed E-state index contributed by atoms with van der Waals surface area (Å²) in [6.45, 7) is 1.33. The first-order valence-corrected chi connectivity index (χ1v) is 5.33. The van der Waals surface area contributed by atoms with Gasteiger partial charge in [0.2, 0.25) is 0 Å². The van der Waals surface area contributed by atoms with Gasteiger partial charge in [-0.15, -0.1) is 0 Å². The fraction of sp³-hybridized carbons (Fsp3) is 0.308. The van der Waals surface area contributed by atoms with Crippen LogP contribution in [-0.2, 0) is 14.3 Å². The van der Waals surface area contributed by atoms with Crippen molar-refractivity contribution in [3.05, 3.63) is 35.9 Å². The van der Waals surface area contributed by atoms with Crippen LogP contribution in [0.15, 0.2) is 30.3 Å². The third-order valence-electron chi connectivity index (χ3n) is 2.08. The van der Waals surface area contributed by atoms with Crippen LogP contribution in [0.5, 0.6) is 0 Å². The quantitative estimate of drug-likeness (QED) is 0.427. The fourth-order valence-corrected chi connectivity index (χ4v) is 1.28. The first-order chi connectivity index (χ1) is 8.09. The molecule has 17 heavy (non-hydrogen) atoms. The molecular weight excluding hydrogens is 220 g/mol. The van der Waals surface area contributed by atoms with Gasteiger partial charge >= 0.3 is 5.97 Å². The number of hydrogen-bond donors (Lipinski definition) is 0. The summed E-state index contributed by atoms with van der Waals surface area (Å²) in [5.74, 6) is -0.913. The summed E-state index contributed by atoms with van der Waals surface area (Å²) in [4.78, 5) is 33.2. The number of rotatable bonds is 6. The van der Waals surface area contributed by atoms with E-state index < -0.39 is 5.97 Å². The van der Waals surface area contributed by atoms with Crippen molar-refractivity contribution in [2.24, 2.45) is 0 Å². The predicted molar refractivity (Wildman–Crippen MR) is 61.6 cm³/mol. The molecule has 4 nitrogen and oxygen atoms in total. The summed E-state index contributed by atoms with van der Waals surface area (Å²) in [6.07, 6.45) is -0.104. The Balaban J connectivity index is 2.30. The summed E-state index contributed by atoms with van der Waals surface area (Å²) >= 11 is 0. The number of Topliss-reactive ketones (excluding diaryl/α,β-unsaturated/α-hetero) is 2. The van der Waals surface area contributed by atoms with E-state index in [9.17, 15) is 14.4 Å². The number of esters is 1. The molecule has 0 bridgehead atoms. The fourth-order valence-electron chi connectivity index (χ4n) is 1.28. The Morgan fingerprint density at radius 2 is 1.76 bits per heavy atom. The van der Waals surface area contributed by atoms with Gasteiger partial charge in [0.1, 0.15) is 12.2 Å². The number of hydrogen-bond acceptors (Lipinski definition) is 4. The smallest absolute Gasteiger partial charge is 0.313 e. The molecule has 0 N–H and O–H groups in total. The molecule has 90 valence electrons. The van der Waals surface area contributed by atoms with Crippen molar-refractivity contribution in [3.8, 4) is 0 Å². The Bertz CT molecular complexity index is 409. The highest BCUT2D eigenvalue weighted by Crippen LogP contribution is 2.03. The van der Waals surface area contributed by atoms with Gasteiger partial charge in [0.05, 0.1) is 6.61 Å². The van der Waals surface area contributed by atoms with Gasteiger partial charge in [0.15, 0.2) is 5.78 Å². The van der Waals surface area contributed by atoms with Crippen LogP contribution >= 0.6 is 0 Å². The first kappa shape index (κ1) is 13.1. The molecule has 0 aromatic heterocycles. The van der Waals surface area contributed by atoms with E-state index in [2.05, 4.69) is 0 Å². The first-order valence-electron chi connectivity index (χ1n) is 5.33. The molecule has 0 aliphatic rings. The normalized spacial score (nSPS) is 9.71. The molecule has 0 amide bonds. The number of benzene rings is 1. The molecule has 1 aromatic rings. The van der Waals surface area contributed by atoms with Crippen LogP contribution in [0.3, 0.4) is 0 Å². The molecule has 0 fully saturated rings. The third kappa shape index (κ3) is 5.06. The molecular formula is C13H14O4. The highest BCUT2D eigenvalue weighted by Gasteiger charge is 2.09. The molecule has 0 radical (unpaired) electrons. The number of carbonyl (C=O) groups is 3. The Hall–Kier alpha value is -1.97. The van der Waals surface area contributed by atoms with E-state index in [1.165, 1.54) is 6.92 Å². The van der Waals surface area contributed by atoms with E-state index in [-0.39, 0.29) is 31.0 Å². The van der Waals surface area contributed by atoms with Crippen molar-refractivity contribution in [1.29, 1.82) is 0 Å². The van der Waals surface area contributed by atoms with Gasteiger partial charge < -0.3 is 4.74 Å². The third-order valence-corrected chi connectivity index (χ3v) is 2.08. The molecule has 0 unspecified atom stereocenters. The molecule has 0 spiro atoms. The molecule has 0 saturated heterocycles. The zero-order chi connectivity index (χ0) is 12.7. The summed E-state index contributed by atoms with van der Waals surface area (Å²) in [6, 6.07) is 8.78. The van der Waals surface area contributed by atoms with Crippen molar-refractivity contribution < 1.29 is 19.1 Å². The average Bonchev–Trinajstić information content (AvgIpc) is 2.29. The second kappa shape index (κ2) is 6.58. The summed E-state index contributed by atoms with van der Waals surface area (Å²) in [5.41, 5.74) is 0.593. The minimum atomic E-state index is -0.585. The minimum Gasteiger partial charge on any atom is -0.465 e. The van der Waals surface area contributed by atoms with Gasteiger partial charge in [0, 0.05) is 12.0 Å². The second-order valence-corrected chi connectivity index (χ2v) is 3.64. The van der Waals surface area contributed by atoms with Gasteiger partial charge in [-0.2, -0.15) is 0 Å². The van der Waals surface area contributed by atoms with E-state index in [1.807, 2.05) is 6.07 Å². The Morgan fingerprint density at radius 1 is 1.12 bits per heavy atom. The molecule has 0 aliphatic heterocycles. The second-order valence-electron chi connectivity index (χ2n) is 3.64. The van der Waals surface area contributed by atoms with Crippen LogP contribution < -0.4 is 0 Å². The molecule has 0 saturated carbocycles. The Labute approximate surface area is 99.6 Å². The van der Waals surface area contributed by atoms with Gasteiger partial charge in [-0.05, 0) is 6.92 Å². The number of carbonyl (C=O) groups excluding carboxylic acids is 3. The van der Waals surface area contributed by atoms with Crippen LogP contribution in [0.25, 0.3) is 0 Å². The lowest BCUT2D eigenvalue weighted by molar-refractivity contribution is -0.145. The average molecular weight is 234 g/mol. The standard InChI is InChI=1S/C13H14O4/c1-10(14)9-13(16)17-8-7-12(15)11-5-3-2-4-6-11/h2-6H,7-9H2,1H3. The van der Waals surface area contributed by atoms with Crippen LogP contribution in [0, 0.1) is 0 Å². The lowest BCUT2D eigenvalue weighted by Crippen LogP contribution is -2.12. The lowest BCUT2D eigenvalue weighted by atomic mass is 10.1. The molecule has 1 aromatic carbocycles. The van der Waals surface area contributed by atoms with E-state index in [0.717, 1.165) is 0 Å². The van der Waals surface area contributed by atoms with Gasteiger partial charge in [-0.3, -0.25) is 14.4 Å². The highest BCUT2D eigenvalue weighted by molar-refractivity contribution is 5.96. The summed E-state index contributed by atoms with van der Waals surface area (Å²) in [7, 11) is 0. The van der Waals surface area contributed by atoms with E-state index >= 15 is 0 Å². The molecule has 0 heterocycles. The SMILES string of the molecule is CC(=O)CC(=O)OCCC(=O)c1ccccc1. The van der Waals surface area contributed by atoms with Crippen LogP contribution in [0.4, 0.5) is 0 Å². The van der Waals surface area contributed by atoms with Gasteiger partial charge in [0.25, 0.3) is 0 Å². The predicted octanol–water partition coefficient (Wildman–Crippen LogP) is 1.78. The molecule has 0 aliphatic carbocycles. The monoisotopic (exact) mass is 234 g/mol. The maximum atomic E-state index is 11.6. The molecule has 1 rings (SSSR count). The maximum absolute atomic E-state index is 11.6. The largest absolute Gasteiger partial charge is 0.465 e. The van der Waals surface area contributed by atoms with E-state index in [4.69, 9.17) is 4.74 Å². The Kier molecular flexibility index (Phi) is 5.07. The minimum absolute atomic E-state index is 0.0137. The number of ketones is 2. The number of ether oxygens (including phenoxy) is 1. The maximum Gasteiger partial charge on any atom is 0.313 e. The van der Waals surface area contributed by atoms with Crippen LogP contribution in [0.1, 0.15) is 30.1 Å². The Morgan fingerprint density at radius 3 is 2.35 bits per heavy atom. The summed E-state index contributed by atoms with van der Waals surface area (Å²) < 4.78 is 4.76. The van der Waals surface area contributed by atoms with Gasteiger partial charge in [-0.25, -0.2) is 0 Å². The van der Waals surface area contributed by atoms with Crippen molar-refractivity contribution >= 4 is 17.5 Å².